The minimum absolute atomic E-state index is 0.00624. The fourth-order valence-electron chi connectivity index (χ4n) is 6.28. The number of nitrogens with zero attached hydrogens (tertiary/aromatic N) is 1. The van der Waals surface area contributed by atoms with Crippen molar-refractivity contribution in [2.24, 2.45) is 35.0 Å². The summed E-state index contributed by atoms with van der Waals surface area (Å²) in [6, 6.07) is 0.211. The van der Waals surface area contributed by atoms with Crippen molar-refractivity contribution in [2.75, 3.05) is 12.4 Å². The summed E-state index contributed by atoms with van der Waals surface area (Å²) in [5, 5.41) is 17.1. The highest BCUT2D eigenvalue weighted by molar-refractivity contribution is 7.99. The Labute approximate surface area is 200 Å². The second kappa shape index (κ2) is 9.88. The van der Waals surface area contributed by atoms with E-state index in [2.05, 4.69) is 24.3 Å². The molecule has 7 nitrogen and oxygen atoms in total. The number of carboxylic acid groups (broad SMARTS) is 1. The molecule has 4 aliphatic carbocycles. The highest BCUT2D eigenvalue weighted by Crippen LogP contribution is 2.53. The molecule has 0 saturated heterocycles. The summed E-state index contributed by atoms with van der Waals surface area (Å²) in [6.07, 6.45) is 7.17. The highest BCUT2D eigenvalue weighted by Gasteiger charge is 2.49. The number of carbonyl (C=O) groups is 2. The van der Waals surface area contributed by atoms with E-state index in [1.54, 1.807) is 0 Å². The van der Waals surface area contributed by atoms with E-state index in [0.717, 1.165) is 17.6 Å². The average molecular weight is 479 g/mol. The van der Waals surface area contributed by atoms with Crippen molar-refractivity contribution in [3.63, 3.8) is 0 Å². The number of thioether (sulfide) groups is 1. The lowest BCUT2D eigenvalue weighted by atomic mass is 9.54. The molecule has 4 bridgehead atoms. The third-order valence-electron chi connectivity index (χ3n) is 8.20. The van der Waals surface area contributed by atoms with E-state index in [1.807, 2.05) is 13.8 Å². The van der Waals surface area contributed by atoms with Gasteiger partial charge in [-0.05, 0) is 79.7 Å². The third-order valence-corrected chi connectivity index (χ3v) is 9.69. The zero-order valence-corrected chi connectivity index (χ0v) is 21.1. The molecule has 5 rings (SSSR count). The van der Waals surface area contributed by atoms with Crippen LogP contribution in [0.5, 0.6) is 5.88 Å². The maximum atomic E-state index is 13.3. The topological polar surface area (TPSA) is 102 Å². The lowest BCUT2D eigenvalue weighted by Crippen LogP contribution is -2.55. The Hall–Kier alpha value is -1.70. The van der Waals surface area contributed by atoms with Crippen molar-refractivity contribution in [3.05, 3.63) is 5.76 Å². The number of amides is 1. The second-order valence-electron chi connectivity index (χ2n) is 10.9. The standard InChI is InChI=1S/C25H38N2O5S/c1-5-25(6-2,24(29)30)13-31-23-21(33-12-14(3)4)20(32-27-23)22(28)26-19-17-8-15-7-16(10-17)11-18(19)9-15/h14-19H,5-13H2,1-4H3,(H,26,28)(H,29,30). The van der Waals surface area contributed by atoms with Gasteiger partial charge in [-0.15, -0.1) is 11.8 Å². The molecule has 1 heterocycles. The van der Waals surface area contributed by atoms with Crippen molar-refractivity contribution in [2.45, 2.75) is 83.6 Å². The highest BCUT2D eigenvalue weighted by atomic mass is 32.2. The van der Waals surface area contributed by atoms with Crippen LogP contribution in [0.15, 0.2) is 9.42 Å². The summed E-state index contributed by atoms with van der Waals surface area (Å²) in [7, 11) is 0. The first-order chi connectivity index (χ1) is 15.8. The molecule has 0 radical (unpaired) electrons. The molecule has 8 heteroatoms. The van der Waals surface area contributed by atoms with Crippen LogP contribution in [0.3, 0.4) is 0 Å². The summed E-state index contributed by atoms with van der Waals surface area (Å²) in [4.78, 5) is 25.8. The second-order valence-corrected chi connectivity index (χ2v) is 11.9. The molecular formula is C25H38N2O5S. The van der Waals surface area contributed by atoms with Gasteiger partial charge in [0.2, 0.25) is 5.76 Å². The van der Waals surface area contributed by atoms with Crippen molar-refractivity contribution < 1.29 is 24.0 Å². The fraction of sp³-hybridized carbons (Fsp3) is 0.800. The zero-order chi connectivity index (χ0) is 23.8. The van der Waals surface area contributed by atoms with Gasteiger partial charge >= 0.3 is 5.97 Å². The summed E-state index contributed by atoms with van der Waals surface area (Å²) in [5.41, 5.74) is -0.984. The molecule has 4 aliphatic rings. The lowest BCUT2D eigenvalue weighted by Gasteiger charge is -2.54. The molecule has 1 aromatic heterocycles. The monoisotopic (exact) mass is 478 g/mol. The van der Waals surface area contributed by atoms with Crippen LogP contribution < -0.4 is 10.1 Å². The molecule has 0 atom stereocenters. The molecule has 4 fully saturated rings. The quantitative estimate of drug-likeness (QED) is 0.419. The van der Waals surface area contributed by atoms with Gasteiger partial charge in [0.1, 0.15) is 16.9 Å². The van der Waals surface area contributed by atoms with Crippen LogP contribution >= 0.6 is 11.8 Å². The van der Waals surface area contributed by atoms with Crippen molar-refractivity contribution in [1.29, 1.82) is 0 Å². The Kier molecular flexibility index (Phi) is 7.32. The summed E-state index contributed by atoms with van der Waals surface area (Å²) in [6.45, 7) is 7.91. The number of rotatable bonds is 11. The molecule has 4 saturated carbocycles. The minimum atomic E-state index is -0.984. The predicted octanol–water partition coefficient (Wildman–Crippen LogP) is 5.25. The minimum Gasteiger partial charge on any atom is -0.481 e. The maximum Gasteiger partial charge on any atom is 0.313 e. The predicted molar refractivity (Wildman–Crippen MR) is 127 cm³/mol. The molecule has 1 amide bonds. The molecule has 2 N–H and O–H groups in total. The molecular weight excluding hydrogens is 440 g/mol. The fourth-order valence-corrected chi connectivity index (χ4v) is 7.26. The van der Waals surface area contributed by atoms with Crippen LogP contribution in [-0.4, -0.2) is 40.5 Å². The van der Waals surface area contributed by atoms with Gasteiger partial charge in [0.25, 0.3) is 11.8 Å². The van der Waals surface area contributed by atoms with Crippen molar-refractivity contribution in [1.82, 2.24) is 10.5 Å². The van der Waals surface area contributed by atoms with Crippen molar-refractivity contribution >= 4 is 23.6 Å². The molecule has 184 valence electrons. The molecule has 0 aromatic carbocycles. The van der Waals surface area contributed by atoms with E-state index in [-0.39, 0.29) is 30.2 Å². The van der Waals surface area contributed by atoms with E-state index in [0.29, 0.717) is 35.5 Å². The first kappa shape index (κ1) is 24.4. The number of aromatic nitrogens is 1. The number of hydrogen-bond acceptors (Lipinski definition) is 6. The van der Waals surface area contributed by atoms with Crippen LogP contribution in [-0.2, 0) is 4.79 Å². The van der Waals surface area contributed by atoms with E-state index in [1.165, 1.54) is 43.9 Å². The molecule has 0 aliphatic heterocycles. The molecule has 0 unspecified atom stereocenters. The zero-order valence-electron chi connectivity index (χ0n) is 20.3. The van der Waals surface area contributed by atoms with Gasteiger partial charge in [0.15, 0.2) is 0 Å². The van der Waals surface area contributed by atoms with Crippen LogP contribution in [0.25, 0.3) is 0 Å². The number of carbonyl (C=O) groups excluding carboxylic acids is 1. The first-order valence-corrected chi connectivity index (χ1v) is 13.5. The Bertz CT molecular complexity index is 835. The summed E-state index contributed by atoms with van der Waals surface area (Å²) >= 11 is 1.49. The van der Waals surface area contributed by atoms with Crippen molar-refractivity contribution in [3.8, 4) is 5.88 Å². The van der Waals surface area contributed by atoms with E-state index in [9.17, 15) is 14.7 Å². The van der Waals surface area contributed by atoms with E-state index in [4.69, 9.17) is 9.26 Å². The first-order valence-electron chi connectivity index (χ1n) is 12.6. The number of ether oxygens (including phenoxy) is 1. The van der Waals surface area contributed by atoms with Gasteiger partial charge in [0.05, 0.1) is 0 Å². The molecule has 33 heavy (non-hydrogen) atoms. The largest absolute Gasteiger partial charge is 0.481 e. The van der Waals surface area contributed by atoms with Gasteiger partial charge in [0, 0.05) is 11.8 Å². The Morgan fingerprint density at radius 1 is 1.15 bits per heavy atom. The summed E-state index contributed by atoms with van der Waals surface area (Å²) in [5.74, 6) is 3.32. The van der Waals surface area contributed by atoms with Gasteiger partial charge in [-0.1, -0.05) is 27.7 Å². The van der Waals surface area contributed by atoms with Gasteiger partial charge in [-0.25, -0.2) is 0 Å². The van der Waals surface area contributed by atoms with Crippen LogP contribution in [0.2, 0.25) is 0 Å². The number of nitrogens with one attached hydrogen (secondary N) is 1. The number of hydrogen-bond donors (Lipinski definition) is 2. The van der Waals surface area contributed by atoms with Gasteiger partial charge < -0.3 is 19.7 Å². The Morgan fingerprint density at radius 2 is 1.76 bits per heavy atom. The average Bonchev–Trinajstić information content (AvgIpc) is 3.18. The van der Waals surface area contributed by atoms with E-state index < -0.39 is 11.4 Å². The molecule has 0 spiro atoms. The number of aliphatic carboxylic acids is 1. The van der Waals surface area contributed by atoms with Crippen LogP contribution in [0.4, 0.5) is 0 Å². The van der Waals surface area contributed by atoms with E-state index >= 15 is 0 Å². The van der Waals surface area contributed by atoms with Gasteiger partial charge in [-0.3, -0.25) is 9.59 Å². The number of carboxylic acids is 1. The maximum absolute atomic E-state index is 13.3. The Morgan fingerprint density at radius 3 is 2.27 bits per heavy atom. The van der Waals surface area contributed by atoms with Gasteiger partial charge in [-0.2, -0.15) is 0 Å². The SMILES string of the molecule is CCC(CC)(COc1noc(C(=O)NC2C3CC4CC(C3)CC2C4)c1SCC(C)C)C(=O)O. The Balaban J connectivity index is 1.50. The van der Waals surface area contributed by atoms with Crippen LogP contribution in [0, 0.1) is 35.0 Å². The summed E-state index contributed by atoms with van der Waals surface area (Å²) < 4.78 is 11.4. The lowest BCUT2D eigenvalue weighted by molar-refractivity contribution is -0.151. The smallest absolute Gasteiger partial charge is 0.313 e. The van der Waals surface area contributed by atoms with Crippen LogP contribution in [0.1, 0.15) is 83.2 Å². The molecule has 1 aromatic rings. The third kappa shape index (κ3) is 4.91. The normalized spacial score (nSPS) is 28.3.